The van der Waals surface area contributed by atoms with Gasteiger partial charge in [-0.3, -0.25) is 0 Å². The van der Waals surface area contributed by atoms with Crippen molar-refractivity contribution in [2.24, 2.45) is 5.92 Å². The van der Waals surface area contributed by atoms with Gasteiger partial charge in [0.15, 0.2) is 0 Å². The van der Waals surface area contributed by atoms with E-state index < -0.39 is 0 Å². The Bertz CT molecular complexity index is 466. The Labute approximate surface area is 120 Å². The van der Waals surface area contributed by atoms with Crippen molar-refractivity contribution >= 4 is 5.69 Å². The van der Waals surface area contributed by atoms with E-state index in [-0.39, 0.29) is 5.82 Å². The number of hydrogen-bond acceptors (Lipinski definition) is 3. The average molecular weight is 278 g/mol. The number of nitrogens with zero attached hydrogens (tertiary/aromatic N) is 1. The summed E-state index contributed by atoms with van der Waals surface area (Å²) >= 11 is 0. The van der Waals surface area contributed by atoms with Crippen LogP contribution in [0.15, 0.2) is 18.2 Å². The van der Waals surface area contributed by atoms with Crippen molar-refractivity contribution < 1.29 is 9.13 Å². The van der Waals surface area contributed by atoms with Gasteiger partial charge in [0.25, 0.3) is 0 Å². The molecule has 1 aromatic rings. The molecule has 0 radical (unpaired) electrons. The van der Waals surface area contributed by atoms with Gasteiger partial charge in [0.1, 0.15) is 5.82 Å². The highest BCUT2D eigenvalue weighted by Gasteiger charge is 2.38. The van der Waals surface area contributed by atoms with Crippen molar-refractivity contribution in [2.45, 2.75) is 31.8 Å². The topological polar surface area (TPSA) is 24.5 Å². The number of fused-ring (bicyclic) bond motifs is 2. The van der Waals surface area contributed by atoms with Gasteiger partial charge in [-0.05, 0) is 42.9 Å². The molecule has 1 saturated carbocycles. The number of ether oxygens (including phenoxy) is 1. The van der Waals surface area contributed by atoms with E-state index in [2.05, 4.69) is 10.2 Å². The zero-order chi connectivity index (χ0) is 13.9. The molecule has 2 bridgehead atoms. The summed E-state index contributed by atoms with van der Waals surface area (Å²) in [5.74, 6) is 0.707. The zero-order valence-corrected chi connectivity index (χ0v) is 12.1. The molecule has 0 aromatic heterocycles. The highest BCUT2D eigenvalue weighted by atomic mass is 19.1. The molecule has 2 aliphatic rings. The summed E-state index contributed by atoms with van der Waals surface area (Å²) in [6, 6.07) is 6.22. The molecule has 1 aromatic carbocycles. The highest BCUT2D eigenvalue weighted by Crippen LogP contribution is 2.40. The van der Waals surface area contributed by atoms with Crippen LogP contribution >= 0.6 is 0 Å². The first-order valence-electron chi connectivity index (χ1n) is 7.52. The van der Waals surface area contributed by atoms with Gasteiger partial charge in [0.2, 0.25) is 0 Å². The van der Waals surface area contributed by atoms with Crippen molar-refractivity contribution in [3.05, 3.63) is 29.6 Å². The molecule has 2 atom stereocenters. The lowest BCUT2D eigenvalue weighted by atomic mass is 10.1. The van der Waals surface area contributed by atoms with Gasteiger partial charge in [-0.2, -0.15) is 0 Å². The van der Waals surface area contributed by atoms with Crippen molar-refractivity contribution in [2.75, 3.05) is 31.7 Å². The van der Waals surface area contributed by atoms with Crippen LogP contribution < -0.4 is 10.2 Å². The van der Waals surface area contributed by atoms with E-state index in [1.165, 1.54) is 19.3 Å². The van der Waals surface area contributed by atoms with Gasteiger partial charge in [-0.1, -0.05) is 6.07 Å². The van der Waals surface area contributed by atoms with E-state index in [0.717, 1.165) is 30.3 Å². The van der Waals surface area contributed by atoms with Gasteiger partial charge < -0.3 is 15.0 Å². The van der Waals surface area contributed by atoms with Gasteiger partial charge in [0.05, 0.1) is 12.3 Å². The standard InChI is InChI=1S/C16H23FN2O/c1-20-7-6-18-10-12-3-5-16(15(17)9-12)19-11-13-2-4-14(19)8-13/h3,5,9,13-14,18H,2,4,6-8,10-11H2,1H3. The van der Waals surface area contributed by atoms with Crippen LogP contribution in [0, 0.1) is 11.7 Å². The van der Waals surface area contributed by atoms with Crippen LogP contribution in [0.1, 0.15) is 24.8 Å². The first kappa shape index (κ1) is 13.8. The fourth-order valence-electron chi connectivity index (χ4n) is 3.52. The minimum Gasteiger partial charge on any atom is -0.383 e. The summed E-state index contributed by atoms with van der Waals surface area (Å²) in [7, 11) is 1.68. The molecular formula is C16H23FN2O. The van der Waals surface area contributed by atoms with Crippen molar-refractivity contribution in [1.82, 2.24) is 5.32 Å². The third-order valence-electron chi connectivity index (χ3n) is 4.54. The summed E-state index contributed by atoms with van der Waals surface area (Å²) in [6.45, 7) is 3.19. The highest BCUT2D eigenvalue weighted by molar-refractivity contribution is 5.51. The van der Waals surface area contributed by atoms with Crippen LogP contribution in [-0.2, 0) is 11.3 Å². The second-order valence-electron chi connectivity index (χ2n) is 5.94. The molecule has 1 aliphatic carbocycles. The lowest BCUT2D eigenvalue weighted by Crippen LogP contribution is -2.32. The number of benzene rings is 1. The molecule has 110 valence electrons. The number of piperidine rings is 1. The maximum absolute atomic E-state index is 14.3. The second kappa shape index (κ2) is 6.10. The maximum atomic E-state index is 14.3. The molecule has 20 heavy (non-hydrogen) atoms. The number of rotatable bonds is 6. The summed E-state index contributed by atoms with van der Waals surface area (Å²) in [4.78, 5) is 2.27. The Morgan fingerprint density at radius 3 is 2.95 bits per heavy atom. The molecule has 1 saturated heterocycles. The van der Waals surface area contributed by atoms with Crippen molar-refractivity contribution in [3.8, 4) is 0 Å². The fraction of sp³-hybridized carbons (Fsp3) is 0.625. The number of halogens is 1. The zero-order valence-electron chi connectivity index (χ0n) is 12.1. The molecule has 2 fully saturated rings. The van der Waals surface area contributed by atoms with Crippen LogP contribution in [0.3, 0.4) is 0 Å². The van der Waals surface area contributed by atoms with Crippen molar-refractivity contribution in [3.63, 3.8) is 0 Å². The Hall–Kier alpha value is -1.13. The molecule has 1 heterocycles. The second-order valence-corrected chi connectivity index (χ2v) is 5.94. The largest absolute Gasteiger partial charge is 0.383 e. The van der Waals surface area contributed by atoms with E-state index in [4.69, 9.17) is 4.74 Å². The van der Waals surface area contributed by atoms with Crippen LogP contribution in [0.5, 0.6) is 0 Å². The Kier molecular flexibility index (Phi) is 4.22. The van der Waals surface area contributed by atoms with E-state index in [0.29, 0.717) is 19.2 Å². The van der Waals surface area contributed by atoms with Crippen LogP contribution in [0.4, 0.5) is 10.1 Å². The summed E-state index contributed by atoms with van der Waals surface area (Å²) in [5, 5.41) is 3.24. The average Bonchev–Trinajstić information content (AvgIpc) is 3.06. The third kappa shape index (κ3) is 2.81. The lowest BCUT2D eigenvalue weighted by molar-refractivity contribution is 0.199. The molecule has 3 nitrogen and oxygen atoms in total. The van der Waals surface area contributed by atoms with E-state index in [1.807, 2.05) is 12.1 Å². The molecule has 1 aliphatic heterocycles. The Morgan fingerprint density at radius 2 is 2.30 bits per heavy atom. The van der Waals surface area contributed by atoms with Crippen LogP contribution in [0.2, 0.25) is 0 Å². The van der Waals surface area contributed by atoms with Gasteiger partial charge in [-0.15, -0.1) is 0 Å². The molecule has 0 amide bonds. The smallest absolute Gasteiger partial charge is 0.146 e. The predicted octanol–water partition coefficient (Wildman–Crippen LogP) is 2.55. The number of hydrogen-bond donors (Lipinski definition) is 1. The summed E-state index contributed by atoms with van der Waals surface area (Å²) in [5.41, 5.74) is 1.78. The van der Waals surface area contributed by atoms with Gasteiger partial charge >= 0.3 is 0 Å². The summed E-state index contributed by atoms with van der Waals surface area (Å²) in [6.07, 6.45) is 3.80. The molecule has 2 unspecified atom stereocenters. The first-order chi connectivity index (χ1) is 9.78. The Balaban J connectivity index is 1.62. The summed E-state index contributed by atoms with van der Waals surface area (Å²) < 4.78 is 19.3. The number of anilines is 1. The molecule has 1 N–H and O–H groups in total. The Morgan fingerprint density at radius 1 is 1.40 bits per heavy atom. The molecule has 0 spiro atoms. The first-order valence-corrected chi connectivity index (χ1v) is 7.52. The predicted molar refractivity (Wildman–Crippen MR) is 78.5 cm³/mol. The number of methoxy groups -OCH3 is 1. The normalized spacial score (nSPS) is 24.6. The lowest BCUT2D eigenvalue weighted by Gasteiger charge is -2.29. The maximum Gasteiger partial charge on any atom is 0.146 e. The SMILES string of the molecule is COCCNCc1ccc(N2CC3CCC2C3)c(F)c1. The van der Waals surface area contributed by atoms with E-state index in [1.54, 1.807) is 13.2 Å². The minimum atomic E-state index is -0.0800. The van der Waals surface area contributed by atoms with Gasteiger partial charge in [-0.25, -0.2) is 4.39 Å². The van der Waals surface area contributed by atoms with Gasteiger partial charge in [0, 0.05) is 32.8 Å². The quantitative estimate of drug-likeness (QED) is 0.809. The minimum absolute atomic E-state index is 0.0800. The third-order valence-corrected chi connectivity index (χ3v) is 4.54. The molecular weight excluding hydrogens is 255 g/mol. The van der Waals surface area contributed by atoms with E-state index >= 15 is 0 Å². The van der Waals surface area contributed by atoms with Crippen LogP contribution in [0.25, 0.3) is 0 Å². The fourth-order valence-corrected chi connectivity index (χ4v) is 3.52. The molecule has 4 heteroatoms. The monoisotopic (exact) mass is 278 g/mol. The van der Waals surface area contributed by atoms with Crippen LogP contribution in [-0.4, -0.2) is 32.8 Å². The molecule has 3 rings (SSSR count). The van der Waals surface area contributed by atoms with Crippen molar-refractivity contribution in [1.29, 1.82) is 0 Å². The number of nitrogens with one attached hydrogen (secondary N) is 1. The van der Waals surface area contributed by atoms with E-state index in [9.17, 15) is 4.39 Å².